The van der Waals surface area contributed by atoms with Crippen LogP contribution >= 0.6 is 0 Å². The molecule has 0 aromatic heterocycles. The van der Waals surface area contributed by atoms with Crippen LogP contribution in [0.2, 0.25) is 0 Å². The van der Waals surface area contributed by atoms with Crippen LogP contribution in [0, 0.1) is 5.92 Å². The first-order chi connectivity index (χ1) is 8.09. The summed E-state index contributed by atoms with van der Waals surface area (Å²) in [6, 6.07) is 1.24. The van der Waals surface area contributed by atoms with E-state index in [2.05, 4.69) is 36.5 Å². The minimum absolute atomic E-state index is 0.135. The zero-order valence-corrected chi connectivity index (χ0v) is 11.2. The number of rotatable bonds is 2. The standard InChI is InChI=1S/C13H25N3O/c1-9-5-4-6-10(2)16(9)15-13(17)12-7-8-14-11(12)3/h9-12,14H,4-8H2,1-3H3,(H,15,17). The van der Waals surface area contributed by atoms with Crippen molar-refractivity contribution in [1.82, 2.24) is 15.8 Å². The van der Waals surface area contributed by atoms with Crippen LogP contribution in [0.15, 0.2) is 0 Å². The van der Waals surface area contributed by atoms with Crippen LogP contribution in [0.4, 0.5) is 0 Å². The van der Waals surface area contributed by atoms with Crippen molar-refractivity contribution in [2.45, 2.75) is 64.6 Å². The van der Waals surface area contributed by atoms with Crippen LogP contribution in [0.3, 0.4) is 0 Å². The lowest BCUT2D eigenvalue weighted by atomic mass is 9.99. The van der Waals surface area contributed by atoms with E-state index in [9.17, 15) is 4.79 Å². The van der Waals surface area contributed by atoms with Gasteiger partial charge in [0.25, 0.3) is 0 Å². The van der Waals surface area contributed by atoms with Gasteiger partial charge < -0.3 is 5.32 Å². The van der Waals surface area contributed by atoms with E-state index in [1.807, 2.05) is 0 Å². The molecule has 2 aliphatic rings. The average Bonchev–Trinajstić information content (AvgIpc) is 2.70. The number of nitrogens with zero attached hydrogens (tertiary/aromatic N) is 1. The number of nitrogens with one attached hydrogen (secondary N) is 2. The Kier molecular flexibility index (Phi) is 4.05. The molecule has 1 amide bonds. The first-order valence-corrected chi connectivity index (χ1v) is 6.92. The van der Waals surface area contributed by atoms with Crippen molar-refractivity contribution in [3.8, 4) is 0 Å². The van der Waals surface area contributed by atoms with Crippen LogP contribution in [-0.2, 0) is 4.79 Å². The summed E-state index contributed by atoms with van der Waals surface area (Å²) < 4.78 is 0. The highest BCUT2D eigenvalue weighted by Gasteiger charge is 2.33. The number of hydrazine groups is 1. The van der Waals surface area contributed by atoms with E-state index in [4.69, 9.17) is 0 Å². The third-order valence-electron chi connectivity index (χ3n) is 4.29. The normalized spacial score (nSPS) is 39.2. The number of hydrogen-bond donors (Lipinski definition) is 2. The highest BCUT2D eigenvalue weighted by Crippen LogP contribution is 2.22. The van der Waals surface area contributed by atoms with Gasteiger partial charge in [0, 0.05) is 18.1 Å². The SMILES string of the molecule is CC1NCCC1C(=O)NN1C(C)CCCC1C. The van der Waals surface area contributed by atoms with Crippen molar-refractivity contribution in [3.63, 3.8) is 0 Å². The summed E-state index contributed by atoms with van der Waals surface area (Å²) in [5.41, 5.74) is 3.15. The van der Waals surface area contributed by atoms with E-state index in [0.29, 0.717) is 18.1 Å². The Hall–Kier alpha value is -0.610. The molecule has 4 heteroatoms. The Balaban J connectivity index is 1.92. The van der Waals surface area contributed by atoms with Gasteiger partial charge in [-0.05, 0) is 46.6 Å². The molecule has 0 spiro atoms. The van der Waals surface area contributed by atoms with Crippen molar-refractivity contribution in [3.05, 3.63) is 0 Å². The van der Waals surface area contributed by atoms with E-state index in [0.717, 1.165) is 13.0 Å². The first-order valence-electron chi connectivity index (χ1n) is 6.92. The molecular weight excluding hydrogens is 214 g/mol. The van der Waals surface area contributed by atoms with Crippen molar-refractivity contribution >= 4 is 5.91 Å². The molecule has 4 unspecified atom stereocenters. The fourth-order valence-corrected chi connectivity index (χ4v) is 3.07. The summed E-state index contributed by atoms with van der Waals surface area (Å²) in [6.07, 6.45) is 4.60. The summed E-state index contributed by atoms with van der Waals surface area (Å²) in [5, 5.41) is 5.49. The van der Waals surface area contributed by atoms with Crippen LogP contribution < -0.4 is 10.7 Å². The quantitative estimate of drug-likeness (QED) is 0.763. The van der Waals surface area contributed by atoms with Crippen molar-refractivity contribution in [2.24, 2.45) is 5.92 Å². The number of piperidine rings is 1. The molecule has 2 saturated heterocycles. The Bertz CT molecular complexity index is 272. The number of carbonyl (C=O) groups excluding carboxylic acids is 1. The van der Waals surface area contributed by atoms with E-state index in [1.165, 1.54) is 19.3 Å². The first kappa shape index (κ1) is 12.8. The van der Waals surface area contributed by atoms with Gasteiger partial charge in [-0.1, -0.05) is 6.42 Å². The van der Waals surface area contributed by atoms with E-state index in [-0.39, 0.29) is 11.8 Å². The van der Waals surface area contributed by atoms with Crippen LogP contribution in [-0.4, -0.2) is 35.6 Å². The van der Waals surface area contributed by atoms with Gasteiger partial charge in [-0.2, -0.15) is 0 Å². The second-order valence-corrected chi connectivity index (χ2v) is 5.65. The van der Waals surface area contributed by atoms with Gasteiger partial charge in [0.05, 0.1) is 5.92 Å². The molecule has 2 N–H and O–H groups in total. The number of carbonyl (C=O) groups is 1. The zero-order chi connectivity index (χ0) is 12.4. The van der Waals surface area contributed by atoms with Crippen LogP contribution in [0.1, 0.15) is 46.5 Å². The molecule has 2 fully saturated rings. The predicted molar refractivity (Wildman–Crippen MR) is 68.3 cm³/mol. The minimum Gasteiger partial charge on any atom is -0.313 e. The molecule has 4 nitrogen and oxygen atoms in total. The lowest BCUT2D eigenvalue weighted by molar-refractivity contribution is -0.133. The Morgan fingerprint density at radius 3 is 2.35 bits per heavy atom. The topological polar surface area (TPSA) is 44.4 Å². The third-order valence-corrected chi connectivity index (χ3v) is 4.29. The monoisotopic (exact) mass is 239 g/mol. The van der Waals surface area contributed by atoms with Crippen LogP contribution in [0.25, 0.3) is 0 Å². The maximum absolute atomic E-state index is 12.2. The molecule has 17 heavy (non-hydrogen) atoms. The molecule has 0 aliphatic carbocycles. The second-order valence-electron chi connectivity index (χ2n) is 5.65. The largest absolute Gasteiger partial charge is 0.313 e. The molecule has 0 aromatic carbocycles. The van der Waals surface area contributed by atoms with E-state index in [1.54, 1.807) is 0 Å². The number of amides is 1. The Morgan fingerprint density at radius 1 is 1.18 bits per heavy atom. The lowest BCUT2D eigenvalue weighted by Crippen LogP contribution is -2.56. The molecule has 4 atom stereocenters. The van der Waals surface area contributed by atoms with Crippen molar-refractivity contribution in [2.75, 3.05) is 6.54 Å². The van der Waals surface area contributed by atoms with Gasteiger partial charge in [-0.15, -0.1) is 0 Å². The fourth-order valence-electron chi connectivity index (χ4n) is 3.07. The molecule has 2 rings (SSSR count). The Labute approximate surface area is 104 Å². The third kappa shape index (κ3) is 2.80. The van der Waals surface area contributed by atoms with Gasteiger partial charge in [-0.3, -0.25) is 10.2 Å². The van der Waals surface area contributed by atoms with Gasteiger partial charge in [0.2, 0.25) is 5.91 Å². The maximum Gasteiger partial charge on any atom is 0.239 e. The van der Waals surface area contributed by atoms with E-state index < -0.39 is 0 Å². The smallest absolute Gasteiger partial charge is 0.239 e. The molecule has 0 radical (unpaired) electrons. The molecular formula is C13H25N3O. The summed E-state index contributed by atoms with van der Waals surface area (Å²) >= 11 is 0. The molecule has 2 aliphatic heterocycles. The maximum atomic E-state index is 12.2. The average molecular weight is 239 g/mol. The highest BCUT2D eigenvalue weighted by atomic mass is 16.2. The fraction of sp³-hybridized carbons (Fsp3) is 0.923. The van der Waals surface area contributed by atoms with E-state index >= 15 is 0 Å². The summed E-state index contributed by atoms with van der Waals surface area (Å²) in [4.78, 5) is 12.2. The lowest BCUT2D eigenvalue weighted by Gasteiger charge is -2.39. The van der Waals surface area contributed by atoms with Gasteiger partial charge in [-0.25, -0.2) is 5.01 Å². The molecule has 0 bridgehead atoms. The Morgan fingerprint density at radius 2 is 1.82 bits per heavy atom. The molecule has 0 aromatic rings. The van der Waals surface area contributed by atoms with Gasteiger partial charge in [0.1, 0.15) is 0 Å². The highest BCUT2D eigenvalue weighted by molar-refractivity contribution is 5.79. The van der Waals surface area contributed by atoms with Gasteiger partial charge >= 0.3 is 0 Å². The minimum atomic E-state index is 0.135. The summed E-state index contributed by atoms with van der Waals surface area (Å²) in [5.74, 6) is 0.333. The molecule has 0 saturated carbocycles. The number of hydrogen-bond acceptors (Lipinski definition) is 3. The van der Waals surface area contributed by atoms with Crippen molar-refractivity contribution < 1.29 is 4.79 Å². The zero-order valence-electron chi connectivity index (χ0n) is 11.2. The summed E-state index contributed by atoms with van der Waals surface area (Å²) in [7, 11) is 0. The van der Waals surface area contributed by atoms with Crippen LogP contribution in [0.5, 0.6) is 0 Å². The second kappa shape index (κ2) is 5.36. The summed E-state index contributed by atoms with van der Waals surface area (Å²) in [6.45, 7) is 7.46. The molecule has 2 heterocycles. The predicted octanol–water partition coefficient (Wildman–Crippen LogP) is 1.28. The van der Waals surface area contributed by atoms with Gasteiger partial charge in [0.15, 0.2) is 0 Å². The van der Waals surface area contributed by atoms with Crippen molar-refractivity contribution in [1.29, 1.82) is 0 Å². The molecule has 98 valence electrons.